The Morgan fingerprint density at radius 2 is 1.79 bits per heavy atom. The van der Waals surface area contributed by atoms with Crippen molar-refractivity contribution in [2.24, 2.45) is 0 Å². The summed E-state index contributed by atoms with van der Waals surface area (Å²) in [5.41, 5.74) is -0.326. The predicted octanol–water partition coefficient (Wildman–Crippen LogP) is 2.93. The number of rotatable bonds is 6. The second kappa shape index (κ2) is 10.0. The number of hydrogen-bond donors (Lipinski definition) is 0. The molecule has 2 aromatic carbocycles. The van der Waals surface area contributed by atoms with Gasteiger partial charge < -0.3 is 14.5 Å². The third kappa shape index (κ3) is 4.35. The van der Waals surface area contributed by atoms with Gasteiger partial charge in [0.25, 0.3) is 5.56 Å². The molecule has 3 aromatic rings. The van der Waals surface area contributed by atoms with Crippen molar-refractivity contribution in [2.75, 3.05) is 39.8 Å². The standard InChI is InChI=1S/C25H29ClN4O4/c1-4-21(24(32)28-13-11-27(5-2)12-14-28)30-22-15-17(26)9-10-20(22)23(31)29(25(30)33)18-7-6-8-19(16-18)34-3/h6-10,15-16,21H,4-5,11-14H2,1-3H3. The minimum Gasteiger partial charge on any atom is -0.497 e. The van der Waals surface area contributed by atoms with Crippen LogP contribution in [-0.2, 0) is 4.79 Å². The highest BCUT2D eigenvalue weighted by Gasteiger charge is 2.30. The van der Waals surface area contributed by atoms with Crippen molar-refractivity contribution >= 4 is 28.4 Å². The van der Waals surface area contributed by atoms with E-state index in [0.717, 1.165) is 24.2 Å². The third-order valence-corrected chi connectivity index (χ3v) is 6.71. The van der Waals surface area contributed by atoms with Crippen molar-refractivity contribution in [1.82, 2.24) is 18.9 Å². The van der Waals surface area contributed by atoms with Crippen molar-refractivity contribution in [3.05, 3.63) is 68.3 Å². The lowest BCUT2D eigenvalue weighted by molar-refractivity contribution is -0.136. The van der Waals surface area contributed by atoms with Gasteiger partial charge in [-0.2, -0.15) is 0 Å². The van der Waals surface area contributed by atoms with Crippen LogP contribution in [0.4, 0.5) is 0 Å². The molecule has 0 spiro atoms. The third-order valence-electron chi connectivity index (χ3n) is 6.48. The van der Waals surface area contributed by atoms with Gasteiger partial charge in [0.1, 0.15) is 11.8 Å². The summed E-state index contributed by atoms with van der Waals surface area (Å²) in [5, 5.41) is 0.701. The van der Waals surface area contributed by atoms with Crippen molar-refractivity contribution in [3.63, 3.8) is 0 Å². The van der Waals surface area contributed by atoms with Crippen LogP contribution >= 0.6 is 11.6 Å². The van der Waals surface area contributed by atoms with Crippen molar-refractivity contribution < 1.29 is 9.53 Å². The number of likely N-dealkylation sites (N-methyl/N-ethyl adjacent to an activating group) is 1. The first kappa shape index (κ1) is 24.0. The molecule has 1 aliphatic heterocycles. The summed E-state index contributed by atoms with van der Waals surface area (Å²) in [5.74, 6) is 0.390. The molecule has 1 aromatic heterocycles. The van der Waals surface area contributed by atoms with Gasteiger partial charge in [-0.1, -0.05) is 31.5 Å². The van der Waals surface area contributed by atoms with Crippen LogP contribution in [0.1, 0.15) is 26.3 Å². The van der Waals surface area contributed by atoms with Crippen LogP contribution in [0.3, 0.4) is 0 Å². The monoisotopic (exact) mass is 484 g/mol. The number of methoxy groups -OCH3 is 1. The topological polar surface area (TPSA) is 76.8 Å². The Balaban J connectivity index is 1.91. The molecule has 8 nitrogen and oxygen atoms in total. The highest BCUT2D eigenvalue weighted by atomic mass is 35.5. The molecule has 0 saturated carbocycles. The van der Waals surface area contributed by atoms with Crippen LogP contribution in [0.5, 0.6) is 5.75 Å². The Kier molecular flexibility index (Phi) is 7.09. The number of ether oxygens (including phenoxy) is 1. The summed E-state index contributed by atoms with van der Waals surface area (Å²) in [6.07, 6.45) is 0.394. The number of aromatic nitrogens is 2. The van der Waals surface area contributed by atoms with E-state index in [9.17, 15) is 14.4 Å². The van der Waals surface area contributed by atoms with Crippen molar-refractivity contribution in [2.45, 2.75) is 26.3 Å². The molecular formula is C25H29ClN4O4. The number of hydrogen-bond acceptors (Lipinski definition) is 5. The zero-order valence-corrected chi connectivity index (χ0v) is 20.4. The first-order valence-electron chi connectivity index (χ1n) is 11.5. The molecule has 1 amide bonds. The number of carbonyl (C=O) groups is 1. The number of amides is 1. The second-order valence-corrected chi connectivity index (χ2v) is 8.78. The normalized spacial score (nSPS) is 15.5. The molecule has 0 aliphatic carbocycles. The van der Waals surface area contributed by atoms with Crippen molar-refractivity contribution in [1.29, 1.82) is 0 Å². The lowest BCUT2D eigenvalue weighted by Gasteiger charge is -2.36. The van der Waals surface area contributed by atoms with Gasteiger partial charge in [-0.05, 0) is 43.3 Å². The highest BCUT2D eigenvalue weighted by molar-refractivity contribution is 6.31. The first-order chi connectivity index (χ1) is 16.4. The van der Waals surface area contributed by atoms with Gasteiger partial charge in [-0.25, -0.2) is 9.36 Å². The van der Waals surface area contributed by atoms with E-state index >= 15 is 0 Å². The number of halogens is 1. The lowest BCUT2D eigenvalue weighted by atomic mass is 10.1. The fraction of sp³-hybridized carbons (Fsp3) is 0.400. The minimum absolute atomic E-state index is 0.127. The van der Waals surface area contributed by atoms with Gasteiger partial charge in [-0.3, -0.25) is 14.2 Å². The fourth-order valence-corrected chi connectivity index (χ4v) is 4.71. The summed E-state index contributed by atoms with van der Waals surface area (Å²) in [4.78, 5) is 45.0. The highest BCUT2D eigenvalue weighted by Crippen LogP contribution is 2.23. The van der Waals surface area contributed by atoms with E-state index in [1.807, 2.05) is 11.8 Å². The summed E-state index contributed by atoms with van der Waals surface area (Å²) < 4.78 is 7.82. The molecule has 0 bridgehead atoms. The summed E-state index contributed by atoms with van der Waals surface area (Å²) in [6.45, 7) is 7.71. The largest absolute Gasteiger partial charge is 0.497 e. The van der Waals surface area contributed by atoms with Gasteiger partial charge in [0.15, 0.2) is 0 Å². The van der Waals surface area contributed by atoms with E-state index in [4.69, 9.17) is 16.3 Å². The van der Waals surface area contributed by atoms with Gasteiger partial charge in [0.2, 0.25) is 5.91 Å². The van der Waals surface area contributed by atoms with Gasteiger partial charge in [0, 0.05) is 37.3 Å². The number of piperazine rings is 1. The summed E-state index contributed by atoms with van der Waals surface area (Å²) in [6, 6.07) is 10.8. The average molecular weight is 485 g/mol. The quantitative estimate of drug-likeness (QED) is 0.537. The number of fused-ring (bicyclic) bond motifs is 1. The number of nitrogens with zero attached hydrogens (tertiary/aromatic N) is 4. The number of benzene rings is 2. The zero-order valence-electron chi connectivity index (χ0n) is 19.7. The molecule has 0 N–H and O–H groups in total. The van der Waals surface area contributed by atoms with Crippen LogP contribution in [0.25, 0.3) is 16.6 Å². The Morgan fingerprint density at radius 1 is 1.06 bits per heavy atom. The Labute approximate surface area is 202 Å². The molecule has 1 fully saturated rings. The first-order valence-corrected chi connectivity index (χ1v) is 11.9. The van der Waals surface area contributed by atoms with Crippen LogP contribution in [-0.4, -0.2) is 64.7 Å². The number of carbonyl (C=O) groups excluding carboxylic acids is 1. The average Bonchev–Trinajstić information content (AvgIpc) is 2.86. The molecule has 4 rings (SSSR count). The Morgan fingerprint density at radius 3 is 2.44 bits per heavy atom. The molecule has 2 heterocycles. The zero-order chi connectivity index (χ0) is 24.4. The maximum atomic E-state index is 13.9. The Hall–Kier alpha value is -3.10. The van der Waals surface area contributed by atoms with E-state index in [-0.39, 0.29) is 5.91 Å². The van der Waals surface area contributed by atoms with Gasteiger partial charge >= 0.3 is 5.69 Å². The molecule has 1 saturated heterocycles. The minimum atomic E-state index is -0.765. The van der Waals surface area contributed by atoms with E-state index in [1.54, 1.807) is 42.5 Å². The fourth-order valence-electron chi connectivity index (χ4n) is 4.54. The van der Waals surface area contributed by atoms with Crippen LogP contribution < -0.4 is 16.0 Å². The smallest absolute Gasteiger partial charge is 0.336 e. The van der Waals surface area contributed by atoms with Crippen LogP contribution in [0.2, 0.25) is 5.02 Å². The molecule has 1 atom stereocenters. The molecule has 180 valence electrons. The van der Waals surface area contributed by atoms with E-state index in [0.29, 0.717) is 46.9 Å². The molecular weight excluding hydrogens is 456 g/mol. The van der Waals surface area contributed by atoms with Gasteiger partial charge in [0.05, 0.1) is 23.7 Å². The summed E-state index contributed by atoms with van der Waals surface area (Å²) >= 11 is 6.26. The lowest BCUT2D eigenvalue weighted by Crippen LogP contribution is -2.52. The molecule has 1 aliphatic rings. The van der Waals surface area contributed by atoms with Crippen LogP contribution in [0.15, 0.2) is 52.1 Å². The van der Waals surface area contributed by atoms with Crippen LogP contribution in [0, 0.1) is 0 Å². The molecule has 1 unspecified atom stereocenters. The van der Waals surface area contributed by atoms with E-state index in [2.05, 4.69) is 11.8 Å². The van der Waals surface area contributed by atoms with E-state index in [1.165, 1.54) is 11.7 Å². The summed E-state index contributed by atoms with van der Waals surface area (Å²) in [7, 11) is 1.52. The second-order valence-electron chi connectivity index (χ2n) is 8.34. The predicted molar refractivity (Wildman–Crippen MR) is 133 cm³/mol. The van der Waals surface area contributed by atoms with E-state index < -0.39 is 17.3 Å². The molecule has 9 heteroatoms. The SMILES string of the molecule is CCC(C(=O)N1CCN(CC)CC1)n1c(=O)n(-c2cccc(OC)c2)c(=O)c2ccc(Cl)cc21. The maximum absolute atomic E-state index is 13.9. The maximum Gasteiger partial charge on any atom is 0.336 e. The van der Waals surface area contributed by atoms with Gasteiger partial charge in [-0.15, -0.1) is 0 Å². The Bertz CT molecular complexity index is 1320. The van der Waals surface area contributed by atoms with Crippen molar-refractivity contribution in [3.8, 4) is 11.4 Å². The molecule has 0 radical (unpaired) electrons. The molecule has 34 heavy (non-hydrogen) atoms.